The molecule has 3 aromatic rings. The van der Waals surface area contributed by atoms with E-state index in [1.807, 2.05) is 38.1 Å². The molecule has 1 amide bonds. The zero-order chi connectivity index (χ0) is 21.0. The van der Waals surface area contributed by atoms with Crippen LogP contribution in [0, 0.1) is 0 Å². The quantitative estimate of drug-likeness (QED) is 0.557. The number of aromatic nitrogens is 3. The molecule has 2 fully saturated rings. The van der Waals surface area contributed by atoms with Crippen LogP contribution < -0.4 is 4.90 Å². The van der Waals surface area contributed by atoms with E-state index in [0.717, 1.165) is 40.8 Å². The third-order valence-corrected chi connectivity index (χ3v) is 6.27. The number of hydrogen-bond acceptors (Lipinski definition) is 5. The number of benzene rings is 1. The maximum atomic E-state index is 12.5. The van der Waals surface area contributed by atoms with E-state index in [9.17, 15) is 4.79 Å². The molecule has 5 rings (SSSR count). The monoisotopic (exact) mass is 469 g/mol. The van der Waals surface area contributed by atoms with Gasteiger partial charge in [0.1, 0.15) is 5.60 Å². The molecule has 2 atom stereocenters. The Morgan fingerprint density at radius 2 is 1.87 bits per heavy atom. The van der Waals surface area contributed by atoms with E-state index in [1.165, 1.54) is 5.69 Å². The second-order valence-electron chi connectivity index (χ2n) is 8.98. The van der Waals surface area contributed by atoms with Crippen LogP contribution >= 0.6 is 15.9 Å². The number of carbonyl (C=O) groups is 1. The molecule has 0 spiro atoms. The Labute approximate surface area is 183 Å². The molecule has 0 aliphatic carbocycles. The smallest absolute Gasteiger partial charge is 0.410 e. The third kappa shape index (κ3) is 3.43. The molecular formula is C22H24BrN5O2. The van der Waals surface area contributed by atoms with E-state index < -0.39 is 5.60 Å². The van der Waals surface area contributed by atoms with Gasteiger partial charge in [-0.2, -0.15) is 5.10 Å². The standard InChI is InChI=1S/C22H24BrN5O2/c1-22(2,3)30-21(29)27-13-17-8-18(27)12-26(17)16-6-4-14(5-7-16)15-9-24-20-19(23)10-25-28(20)11-15/h4-7,9-11,17-18H,8,12-13H2,1-3H3/t17-,18-/m0/s1. The molecule has 0 unspecified atom stereocenters. The van der Waals surface area contributed by atoms with Gasteiger partial charge in [0.05, 0.1) is 16.7 Å². The highest BCUT2D eigenvalue weighted by atomic mass is 79.9. The predicted molar refractivity (Wildman–Crippen MR) is 119 cm³/mol. The van der Waals surface area contributed by atoms with Crippen LogP contribution in [0.1, 0.15) is 27.2 Å². The van der Waals surface area contributed by atoms with Crippen LogP contribution in [0.5, 0.6) is 0 Å². The van der Waals surface area contributed by atoms with Gasteiger partial charge >= 0.3 is 6.09 Å². The van der Waals surface area contributed by atoms with Crippen LogP contribution in [0.2, 0.25) is 0 Å². The molecule has 30 heavy (non-hydrogen) atoms. The highest BCUT2D eigenvalue weighted by Gasteiger charge is 2.46. The fourth-order valence-electron chi connectivity index (χ4n) is 4.37. The summed E-state index contributed by atoms with van der Waals surface area (Å²) in [6.07, 6.45) is 6.40. The summed E-state index contributed by atoms with van der Waals surface area (Å²) in [7, 11) is 0. The summed E-state index contributed by atoms with van der Waals surface area (Å²) in [6.45, 7) is 7.29. The van der Waals surface area contributed by atoms with Gasteiger partial charge in [0.15, 0.2) is 5.65 Å². The van der Waals surface area contributed by atoms with E-state index in [1.54, 1.807) is 10.7 Å². The summed E-state index contributed by atoms with van der Waals surface area (Å²) >= 11 is 3.45. The van der Waals surface area contributed by atoms with Crippen molar-refractivity contribution in [1.29, 1.82) is 0 Å². The predicted octanol–water partition coefficient (Wildman–Crippen LogP) is 4.36. The molecule has 7 nitrogen and oxygen atoms in total. The zero-order valence-electron chi connectivity index (χ0n) is 17.2. The molecule has 0 radical (unpaired) electrons. The lowest BCUT2D eigenvalue weighted by molar-refractivity contribution is 0.0215. The lowest BCUT2D eigenvalue weighted by atomic mass is 10.1. The number of piperazine rings is 1. The number of halogens is 1. The van der Waals surface area contributed by atoms with Gasteiger partial charge in [-0.15, -0.1) is 0 Å². The number of rotatable bonds is 2. The fraction of sp³-hybridized carbons (Fsp3) is 0.409. The number of anilines is 1. The zero-order valence-corrected chi connectivity index (χ0v) is 18.8. The van der Waals surface area contributed by atoms with Crippen molar-refractivity contribution < 1.29 is 9.53 Å². The van der Waals surface area contributed by atoms with Crippen molar-refractivity contribution >= 4 is 33.4 Å². The Morgan fingerprint density at radius 1 is 1.10 bits per heavy atom. The van der Waals surface area contributed by atoms with Gasteiger partial charge < -0.3 is 14.5 Å². The van der Waals surface area contributed by atoms with Gasteiger partial charge in [-0.25, -0.2) is 14.3 Å². The van der Waals surface area contributed by atoms with E-state index >= 15 is 0 Å². The van der Waals surface area contributed by atoms with Crippen molar-refractivity contribution in [2.24, 2.45) is 0 Å². The summed E-state index contributed by atoms with van der Waals surface area (Å²) in [4.78, 5) is 21.2. The molecule has 2 aromatic heterocycles. The van der Waals surface area contributed by atoms with Gasteiger partial charge in [-0.3, -0.25) is 0 Å². The SMILES string of the molecule is CC(C)(C)OC(=O)N1C[C@@H]2C[C@H]1CN2c1ccc(-c2cnc3c(Br)cnn3c2)cc1. The van der Waals surface area contributed by atoms with Gasteiger partial charge in [-0.1, -0.05) is 12.1 Å². The van der Waals surface area contributed by atoms with Crippen molar-refractivity contribution in [3.8, 4) is 11.1 Å². The highest BCUT2D eigenvalue weighted by Crippen LogP contribution is 2.36. The van der Waals surface area contributed by atoms with Crippen molar-refractivity contribution in [3.63, 3.8) is 0 Å². The molecule has 156 valence electrons. The Balaban J connectivity index is 1.29. The molecule has 2 aliphatic rings. The van der Waals surface area contributed by atoms with E-state index in [2.05, 4.69) is 55.2 Å². The number of ether oxygens (including phenoxy) is 1. The Morgan fingerprint density at radius 3 is 2.53 bits per heavy atom. The van der Waals surface area contributed by atoms with Crippen LogP contribution in [0.3, 0.4) is 0 Å². The minimum absolute atomic E-state index is 0.196. The third-order valence-electron chi connectivity index (χ3n) is 5.71. The lowest BCUT2D eigenvalue weighted by Crippen LogP contribution is -2.50. The van der Waals surface area contributed by atoms with Crippen LogP contribution in [0.15, 0.2) is 47.3 Å². The molecule has 4 heterocycles. The number of hydrogen-bond donors (Lipinski definition) is 0. The number of nitrogens with zero attached hydrogens (tertiary/aromatic N) is 5. The van der Waals surface area contributed by atoms with Crippen LogP contribution in [-0.4, -0.2) is 56.4 Å². The van der Waals surface area contributed by atoms with Crippen LogP contribution in [-0.2, 0) is 4.74 Å². The number of carbonyl (C=O) groups excluding carboxylic acids is 1. The Bertz CT molecular complexity index is 1100. The first-order valence-corrected chi connectivity index (χ1v) is 10.9. The fourth-order valence-corrected chi connectivity index (χ4v) is 4.74. The largest absolute Gasteiger partial charge is 0.444 e. The van der Waals surface area contributed by atoms with E-state index in [-0.39, 0.29) is 12.1 Å². The average Bonchev–Trinajstić information content (AvgIpc) is 3.41. The topological polar surface area (TPSA) is 63.0 Å². The van der Waals surface area contributed by atoms with Crippen LogP contribution in [0.4, 0.5) is 10.5 Å². The molecule has 2 saturated heterocycles. The maximum Gasteiger partial charge on any atom is 0.410 e. The first-order chi connectivity index (χ1) is 14.3. The normalized spacial score (nSPS) is 20.9. The second kappa shape index (κ2) is 6.97. The van der Waals surface area contributed by atoms with Gasteiger partial charge in [-0.05, 0) is 60.8 Å². The molecule has 1 aromatic carbocycles. The Hall–Kier alpha value is -2.61. The number of fused-ring (bicyclic) bond motifs is 3. The molecule has 8 heteroatoms. The first-order valence-electron chi connectivity index (χ1n) is 10.1. The first kappa shape index (κ1) is 19.4. The lowest BCUT2D eigenvalue weighted by Gasteiger charge is -2.36. The summed E-state index contributed by atoms with van der Waals surface area (Å²) in [5, 5.41) is 4.31. The van der Waals surface area contributed by atoms with Crippen molar-refractivity contribution in [2.75, 3.05) is 18.0 Å². The van der Waals surface area contributed by atoms with E-state index in [4.69, 9.17) is 4.74 Å². The molecule has 2 bridgehead atoms. The highest BCUT2D eigenvalue weighted by molar-refractivity contribution is 9.10. The van der Waals surface area contributed by atoms with Gasteiger partial charge in [0.2, 0.25) is 0 Å². The summed E-state index contributed by atoms with van der Waals surface area (Å²) in [5.74, 6) is 0. The maximum absolute atomic E-state index is 12.5. The van der Waals surface area contributed by atoms with Gasteiger partial charge in [0.25, 0.3) is 0 Å². The Kier molecular flexibility index (Phi) is 4.50. The number of amides is 1. The van der Waals surface area contributed by atoms with Crippen LogP contribution in [0.25, 0.3) is 16.8 Å². The number of likely N-dealkylation sites (tertiary alicyclic amines) is 1. The molecule has 0 N–H and O–H groups in total. The van der Waals surface area contributed by atoms with Crippen molar-refractivity contribution in [1.82, 2.24) is 19.5 Å². The molecule has 0 saturated carbocycles. The minimum atomic E-state index is -0.460. The molecule has 2 aliphatic heterocycles. The van der Waals surface area contributed by atoms with Crippen molar-refractivity contribution in [3.05, 3.63) is 47.3 Å². The molecular weight excluding hydrogens is 446 g/mol. The van der Waals surface area contributed by atoms with Gasteiger partial charge in [0, 0.05) is 42.8 Å². The average molecular weight is 470 g/mol. The second-order valence-corrected chi connectivity index (χ2v) is 9.83. The minimum Gasteiger partial charge on any atom is -0.444 e. The summed E-state index contributed by atoms with van der Waals surface area (Å²) in [6, 6.07) is 9.10. The van der Waals surface area contributed by atoms with Crippen molar-refractivity contribution in [2.45, 2.75) is 44.9 Å². The summed E-state index contributed by atoms with van der Waals surface area (Å²) in [5.41, 5.74) is 3.64. The summed E-state index contributed by atoms with van der Waals surface area (Å²) < 4.78 is 8.22. The van der Waals surface area contributed by atoms with E-state index in [0.29, 0.717) is 6.04 Å².